The van der Waals surface area contributed by atoms with Gasteiger partial charge in [-0.2, -0.15) is 8.42 Å². The molecule has 1 aliphatic heterocycles. The van der Waals surface area contributed by atoms with Crippen LogP contribution in [0.3, 0.4) is 0 Å². The van der Waals surface area contributed by atoms with Crippen LogP contribution in [0, 0.1) is 0 Å². The maximum absolute atomic E-state index is 12.5. The zero-order valence-corrected chi connectivity index (χ0v) is 11.4. The van der Waals surface area contributed by atoms with Crippen molar-refractivity contribution in [3.05, 3.63) is 35.9 Å². The Bertz CT molecular complexity index is 562. The van der Waals surface area contributed by atoms with Gasteiger partial charge in [0.15, 0.2) is 6.23 Å². The summed E-state index contributed by atoms with van der Waals surface area (Å²) in [6.45, 7) is 0.332. The minimum absolute atomic E-state index is 0.0608. The van der Waals surface area contributed by atoms with E-state index in [4.69, 9.17) is 4.74 Å². The second-order valence-electron chi connectivity index (χ2n) is 4.32. The van der Waals surface area contributed by atoms with Crippen LogP contribution in [-0.4, -0.2) is 32.2 Å². The summed E-state index contributed by atoms with van der Waals surface area (Å²) in [5.74, 6) is 0. The summed E-state index contributed by atoms with van der Waals surface area (Å²) in [6.07, 6.45) is -1.07. The number of benzene rings is 1. The molecule has 8 heteroatoms. The molecule has 1 aromatic rings. The molecule has 1 fully saturated rings. The Hall–Kier alpha value is -1.67. The highest BCUT2D eigenvalue weighted by atomic mass is 32.3. The van der Waals surface area contributed by atoms with Gasteiger partial charge in [-0.15, -0.1) is 0 Å². The Morgan fingerprint density at radius 3 is 2.70 bits per heavy atom. The molecular weight excluding hydrogens is 289 g/mol. The number of carbonyl (C=O) groups excluding carboxylic acids is 1. The van der Waals surface area contributed by atoms with Gasteiger partial charge in [-0.1, -0.05) is 34.2 Å². The maximum atomic E-state index is 12.5. The van der Waals surface area contributed by atoms with Crippen LogP contribution in [-0.2, 0) is 26.0 Å². The summed E-state index contributed by atoms with van der Waals surface area (Å²) in [5.41, 5.74) is 0.802. The van der Waals surface area contributed by atoms with E-state index in [0.717, 1.165) is 10.5 Å². The average molecular weight is 303 g/mol. The number of hydrogen-bond acceptors (Lipinski definition) is 5. The summed E-state index contributed by atoms with van der Waals surface area (Å²) in [4.78, 5) is 12.9. The first-order valence-corrected chi connectivity index (χ1v) is 7.37. The Morgan fingerprint density at radius 2 is 2.05 bits per heavy atom. The van der Waals surface area contributed by atoms with Crippen molar-refractivity contribution < 1.29 is 26.0 Å². The number of rotatable bonds is 4. The quantitative estimate of drug-likeness (QED) is 0.795. The number of carbonyl (C=O) groups is 1. The average Bonchev–Trinajstić information content (AvgIpc) is 2.83. The van der Waals surface area contributed by atoms with Crippen LogP contribution in [0.2, 0.25) is 0 Å². The van der Waals surface area contributed by atoms with Crippen molar-refractivity contribution in [3.63, 3.8) is 0 Å². The van der Waals surface area contributed by atoms with E-state index >= 15 is 0 Å². The minimum Gasteiger partial charge on any atom is -0.444 e. The first-order chi connectivity index (χ1) is 9.46. The van der Waals surface area contributed by atoms with Crippen LogP contribution >= 0.6 is 0 Å². The first kappa shape index (κ1) is 14.7. The summed E-state index contributed by atoms with van der Waals surface area (Å²) < 4.78 is 42.7. The molecule has 1 aromatic carbocycles. The van der Waals surface area contributed by atoms with E-state index in [1.165, 1.54) is 0 Å². The highest BCUT2D eigenvalue weighted by Gasteiger charge is 2.34. The number of amides is 1. The Morgan fingerprint density at radius 1 is 1.35 bits per heavy atom. The molecule has 0 N–H and O–H groups in total. The molecule has 1 atom stereocenters. The van der Waals surface area contributed by atoms with E-state index < -0.39 is 22.8 Å². The molecule has 1 saturated heterocycles. The van der Waals surface area contributed by atoms with Gasteiger partial charge < -0.3 is 4.74 Å². The van der Waals surface area contributed by atoms with Gasteiger partial charge in [0, 0.05) is 6.54 Å². The molecule has 0 spiro atoms. The van der Waals surface area contributed by atoms with Crippen LogP contribution < -0.4 is 0 Å². The SMILES string of the molecule is O=C(OCc1ccccc1)N1CCCC1OS(=O)(=O)F. The third-order valence-corrected chi connectivity index (χ3v) is 3.32. The monoisotopic (exact) mass is 303 g/mol. The molecule has 6 nitrogen and oxygen atoms in total. The fourth-order valence-corrected chi connectivity index (χ4v) is 2.45. The van der Waals surface area contributed by atoms with Crippen LogP contribution in [0.25, 0.3) is 0 Å². The van der Waals surface area contributed by atoms with Crippen molar-refractivity contribution in [3.8, 4) is 0 Å². The van der Waals surface area contributed by atoms with E-state index in [1.54, 1.807) is 24.3 Å². The lowest BCUT2D eigenvalue weighted by Gasteiger charge is -2.22. The molecule has 110 valence electrons. The van der Waals surface area contributed by atoms with Gasteiger partial charge in [-0.05, 0) is 18.4 Å². The minimum atomic E-state index is -5.09. The lowest BCUT2D eigenvalue weighted by molar-refractivity contribution is 0.0361. The van der Waals surface area contributed by atoms with Gasteiger partial charge >= 0.3 is 16.6 Å². The third kappa shape index (κ3) is 4.17. The Kier molecular flexibility index (Phi) is 4.56. The normalized spacial score (nSPS) is 19.1. The molecule has 0 radical (unpaired) electrons. The maximum Gasteiger partial charge on any atom is 0.439 e. The van der Waals surface area contributed by atoms with E-state index in [-0.39, 0.29) is 19.6 Å². The molecular formula is C12H14FNO5S. The van der Waals surface area contributed by atoms with Gasteiger partial charge in [0.05, 0.1) is 0 Å². The van der Waals surface area contributed by atoms with Gasteiger partial charge in [0.1, 0.15) is 6.61 Å². The van der Waals surface area contributed by atoms with E-state index in [2.05, 4.69) is 4.18 Å². The third-order valence-electron chi connectivity index (χ3n) is 2.86. The van der Waals surface area contributed by atoms with Crippen molar-refractivity contribution in [2.45, 2.75) is 25.7 Å². The van der Waals surface area contributed by atoms with Gasteiger partial charge in [0.25, 0.3) is 0 Å². The standard InChI is InChI=1S/C12H14FNO5S/c13-20(16,17)19-11-7-4-8-14(11)12(15)18-9-10-5-2-1-3-6-10/h1-3,5-6,11H,4,7-9H2. The number of hydrogen-bond donors (Lipinski definition) is 0. The molecule has 0 bridgehead atoms. The van der Waals surface area contributed by atoms with Crippen molar-refractivity contribution in [1.82, 2.24) is 4.90 Å². The van der Waals surface area contributed by atoms with Crippen molar-refractivity contribution in [2.24, 2.45) is 0 Å². The summed E-state index contributed by atoms with van der Waals surface area (Å²) in [6, 6.07) is 9.03. The lowest BCUT2D eigenvalue weighted by Crippen LogP contribution is -2.38. The van der Waals surface area contributed by atoms with E-state index in [0.29, 0.717) is 6.42 Å². The molecule has 1 unspecified atom stereocenters. The summed E-state index contributed by atoms with van der Waals surface area (Å²) >= 11 is 0. The molecule has 0 aromatic heterocycles. The highest BCUT2D eigenvalue weighted by molar-refractivity contribution is 7.81. The van der Waals surface area contributed by atoms with E-state index in [9.17, 15) is 17.1 Å². The molecule has 0 aliphatic carbocycles. The lowest BCUT2D eigenvalue weighted by atomic mass is 10.2. The Labute approximate surface area is 116 Å². The summed E-state index contributed by atoms with van der Waals surface area (Å²) in [7, 11) is -5.09. The largest absolute Gasteiger partial charge is 0.444 e. The predicted molar refractivity (Wildman–Crippen MR) is 67.5 cm³/mol. The molecule has 1 aliphatic rings. The van der Waals surface area contributed by atoms with Crippen molar-refractivity contribution in [2.75, 3.05) is 6.54 Å². The second kappa shape index (κ2) is 6.19. The Balaban J connectivity index is 1.91. The van der Waals surface area contributed by atoms with Gasteiger partial charge in [0.2, 0.25) is 0 Å². The fraction of sp³-hybridized carbons (Fsp3) is 0.417. The summed E-state index contributed by atoms with van der Waals surface area (Å²) in [5, 5.41) is 0. The smallest absolute Gasteiger partial charge is 0.439 e. The molecule has 20 heavy (non-hydrogen) atoms. The number of nitrogens with zero attached hydrogens (tertiary/aromatic N) is 1. The van der Waals surface area contributed by atoms with Crippen molar-refractivity contribution in [1.29, 1.82) is 0 Å². The van der Waals surface area contributed by atoms with Crippen LogP contribution in [0.5, 0.6) is 0 Å². The van der Waals surface area contributed by atoms with E-state index in [1.807, 2.05) is 6.07 Å². The zero-order chi connectivity index (χ0) is 14.6. The first-order valence-electron chi connectivity index (χ1n) is 6.06. The van der Waals surface area contributed by atoms with Gasteiger partial charge in [-0.25, -0.2) is 8.98 Å². The molecule has 1 amide bonds. The van der Waals surface area contributed by atoms with Crippen LogP contribution in [0.1, 0.15) is 18.4 Å². The molecule has 2 rings (SSSR count). The number of likely N-dealkylation sites (tertiary alicyclic amines) is 1. The molecule has 1 heterocycles. The predicted octanol–water partition coefficient (Wildman–Crippen LogP) is 1.98. The number of halogens is 1. The molecule has 0 saturated carbocycles. The van der Waals surface area contributed by atoms with Crippen LogP contribution in [0.4, 0.5) is 8.68 Å². The zero-order valence-electron chi connectivity index (χ0n) is 10.6. The highest BCUT2D eigenvalue weighted by Crippen LogP contribution is 2.21. The topological polar surface area (TPSA) is 72.9 Å². The van der Waals surface area contributed by atoms with Crippen LogP contribution in [0.15, 0.2) is 30.3 Å². The van der Waals surface area contributed by atoms with Crippen molar-refractivity contribution >= 4 is 16.6 Å². The second-order valence-corrected chi connectivity index (χ2v) is 5.30. The van der Waals surface area contributed by atoms with Gasteiger partial charge in [-0.3, -0.25) is 4.90 Å². The fourth-order valence-electron chi connectivity index (χ4n) is 1.98. The number of ether oxygens (including phenoxy) is 1.